The van der Waals surface area contributed by atoms with Crippen LogP contribution in [0.2, 0.25) is 0 Å². The summed E-state index contributed by atoms with van der Waals surface area (Å²) in [7, 11) is -3.89. The molecule has 1 aromatic carbocycles. The highest BCUT2D eigenvalue weighted by atomic mass is 32.2. The van der Waals surface area contributed by atoms with Gasteiger partial charge in [0.25, 0.3) is 0 Å². The number of aliphatic carboxylic acids is 1. The monoisotopic (exact) mass is 482 g/mol. The number of hydrogen-bond donors (Lipinski definition) is 5. The van der Waals surface area contributed by atoms with Crippen LogP contribution in [-0.2, 0) is 24.4 Å². The highest BCUT2D eigenvalue weighted by Crippen LogP contribution is 2.18. The molecule has 2 amide bonds. The van der Waals surface area contributed by atoms with Crippen LogP contribution in [0, 0.1) is 6.92 Å². The smallest absolute Gasteiger partial charge is 0.326 e. The van der Waals surface area contributed by atoms with Crippen molar-refractivity contribution < 1.29 is 27.9 Å². The number of likely N-dealkylation sites (tertiary alicyclic amines) is 1. The second-order valence-corrected chi connectivity index (χ2v) is 9.50. The minimum atomic E-state index is -3.89. The van der Waals surface area contributed by atoms with Gasteiger partial charge in [0.15, 0.2) is 5.96 Å². The summed E-state index contributed by atoms with van der Waals surface area (Å²) < 4.78 is 27.1. The Bertz CT molecular complexity index is 991. The molecule has 0 bridgehead atoms. The maximum Gasteiger partial charge on any atom is 0.326 e. The molecule has 182 valence electrons. The Labute approximate surface area is 192 Å². The summed E-state index contributed by atoms with van der Waals surface area (Å²) in [6, 6.07) is 4.13. The Hall–Kier alpha value is -3.19. The number of sulfonamides is 1. The minimum Gasteiger partial charge on any atom is -0.480 e. The summed E-state index contributed by atoms with van der Waals surface area (Å²) in [6.45, 7) is 1.80. The van der Waals surface area contributed by atoms with E-state index in [0.717, 1.165) is 5.56 Å². The molecular formula is C20H30N6O6S. The molecule has 1 aliphatic heterocycles. The predicted octanol–water partition coefficient (Wildman–Crippen LogP) is -1.11. The van der Waals surface area contributed by atoms with E-state index in [1.165, 1.54) is 17.0 Å². The maximum atomic E-state index is 12.7. The number of aliphatic imine (C=N–C) groups is 1. The van der Waals surface area contributed by atoms with Crippen molar-refractivity contribution in [3.8, 4) is 0 Å². The van der Waals surface area contributed by atoms with Crippen molar-refractivity contribution >= 4 is 33.8 Å². The lowest BCUT2D eigenvalue weighted by Gasteiger charge is -2.25. The van der Waals surface area contributed by atoms with Gasteiger partial charge in [0.05, 0.1) is 11.4 Å². The van der Waals surface area contributed by atoms with Gasteiger partial charge in [-0.2, -0.15) is 0 Å². The molecule has 1 heterocycles. The number of hydrogen-bond acceptors (Lipinski definition) is 6. The largest absolute Gasteiger partial charge is 0.480 e. The Morgan fingerprint density at radius 2 is 1.91 bits per heavy atom. The van der Waals surface area contributed by atoms with Crippen LogP contribution in [0.4, 0.5) is 0 Å². The summed E-state index contributed by atoms with van der Waals surface area (Å²) in [4.78, 5) is 41.9. The fraction of sp³-hybridized carbons (Fsp3) is 0.500. The zero-order chi connectivity index (χ0) is 24.6. The predicted molar refractivity (Wildman–Crippen MR) is 121 cm³/mol. The number of nitrogens with two attached hydrogens (primary N) is 2. The van der Waals surface area contributed by atoms with Gasteiger partial charge in [0.1, 0.15) is 12.1 Å². The summed E-state index contributed by atoms with van der Waals surface area (Å²) >= 11 is 0. The van der Waals surface area contributed by atoms with Crippen LogP contribution in [0.1, 0.15) is 31.2 Å². The molecule has 33 heavy (non-hydrogen) atoms. The Morgan fingerprint density at radius 1 is 1.24 bits per heavy atom. The molecule has 13 heteroatoms. The fourth-order valence-corrected chi connectivity index (χ4v) is 4.40. The third-order valence-electron chi connectivity index (χ3n) is 5.18. The first kappa shape index (κ1) is 26.1. The second kappa shape index (κ2) is 11.6. The van der Waals surface area contributed by atoms with Crippen molar-refractivity contribution in [1.82, 2.24) is 14.9 Å². The van der Waals surface area contributed by atoms with Crippen molar-refractivity contribution in [3.05, 3.63) is 29.8 Å². The van der Waals surface area contributed by atoms with Gasteiger partial charge in [-0.05, 0) is 44.7 Å². The van der Waals surface area contributed by atoms with Gasteiger partial charge in [-0.1, -0.05) is 17.7 Å². The first-order valence-electron chi connectivity index (χ1n) is 10.5. The van der Waals surface area contributed by atoms with E-state index in [1.807, 2.05) is 6.92 Å². The number of guanidine groups is 1. The SMILES string of the molecule is Cc1ccc(S(=O)(=O)NCC(=O)N2CCCC2C(=O)NC(CCCN=C(N)N)C(=O)O)cc1. The number of carbonyl (C=O) groups is 3. The Morgan fingerprint density at radius 3 is 2.52 bits per heavy atom. The Kier molecular flexibility index (Phi) is 9.17. The van der Waals surface area contributed by atoms with Crippen LogP contribution >= 0.6 is 0 Å². The summed E-state index contributed by atoms with van der Waals surface area (Å²) in [6.07, 6.45) is 1.33. The molecule has 0 spiro atoms. The van der Waals surface area contributed by atoms with E-state index < -0.39 is 46.4 Å². The van der Waals surface area contributed by atoms with E-state index >= 15 is 0 Å². The molecule has 7 N–H and O–H groups in total. The average molecular weight is 483 g/mol. The van der Waals surface area contributed by atoms with Crippen molar-refractivity contribution in [2.75, 3.05) is 19.6 Å². The number of nitrogens with one attached hydrogen (secondary N) is 2. The topological polar surface area (TPSA) is 197 Å². The van der Waals surface area contributed by atoms with Crippen molar-refractivity contribution in [2.45, 2.75) is 49.6 Å². The van der Waals surface area contributed by atoms with Gasteiger partial charge in [0, 0.05) is 13.1 Å². The van der Waals surface area contributed by atoms with Gasteiger partial charge in [-0.25, -0.2) is 17.9 Å². The number of nitrogens with zero attached hydrogens (tertiary/aromatic N) is 2. The van der Waals surface area contributed by atoms with E-state index in [1.54, 1.807) is 12.1 Å². The van der Waals surface area contributed by atoms with Crippen molar-refractivity contribution in [3.63, 3.8) is 0 Å². The number of rotatable bonds is 11. The molecule has 2 unspecified atom stereocenters. The number of benzene rings is 1. The third kappa shape index (κ3) is 7.71. The molecule has 1 fully saturated rings. The van der Waals surface area contributed by atoms with E-state index in [0.29, 0.717) is 19.3 Å². The van der Waals surface area contributed by atoms with Crippen LogP contribution in [0.3, 0.4) is 0 Å². The van der Waals surface area contributed by atoms with Crippen LogP contribution in [-0.4, -0.2) is 73.9 Å². The quantitative estimate of drug-likeness (QED) is 0.148. The van der Waals surface area contributed by atoms with E-state index in [2.05, 4.69) is 15.0 Å². The lowest BCUT2D eigenvalue weighted by molar-refractivity contribution is -0.143. The maximum absolute atomic E-state index is 12.7. The van der Waals surface area contributed by atoms with Crippen molar-refractivity contribution in [2.24, 2.45) is 16.5 Å². The molecule has 12 nitrogen and oxygen atoms in total. The second-order valence-electron chi connectivity index (χ2n) is 7.73. The molecular weight excluding hydrogens is 452 g/mol. The van der Waals surface area contributed by atoms with Gasteiger partial charge in [-0.3, -0.25) is 14.6 Å². The van der Waals surface area contributed by atoms with Crippen LogP contribution in [0.5, 0.6) is 0 Å². The number of carboxylic acid groups (broad SMARTS) is 1. The number of carboxylic acids is 1. The number of amides is 2. The molecule has 1 saturated heterocycles. The zero-order valence-corrected chi connectivity index (χ0v) is 19.2. The fourth-order valence-electron chi connectivity index (χ4n) is 3.43. The summed E-state index contributed by atoms with van der Waals surface area (Å²) in [5.41, 5.74) is 11.4. The van der Waals surface area contributed by atoms with Crippen molar-refractivity contribution in [1.29, 1.82) is 0 Å². The average Bonchev–Trinajstić information content (AvgIpc) is 3.24. The van der Waals surface area contributed by atoms with E-state index in [9.17, 15) is 27.9 Å². The first-order valence-corrected chi connectivity index (χ1v) is 11.9. The first-order chi connectivity index (χ1) is 15.5. The van der Waals surface area contributed by atoms with E-state index in [4.69, 9.17) is 11.5 Å². The van der Waals surface area contributed by atoms with Crippen LogP contribution in [0.25, 0.3) is 0 Å². The van der Waals surface area contributed by atoms with Crippen LogP contribution in [0.15, 0.2) is 34.2 Å². The molecule has 0 radical (unpaired) electrons. The summed E-state index contributed by atoms with van der Waals surface area (Å²) in [5.74, 6) is -2.49. The van der Waals surface area contributed by atoms with E-state index in [-0.39, 0.29) is 30.4 Å². The molecule has 2 atom stereocenters. The molecule has 2 rings (SSSR count). The Balaban J connectivity index is 1.95. The highest BCUT2D eigenvalue weighted by molar-refractivity contribution is 7.89. The van der Waals surface area contributed by atoms with Gasteiger partial charge < -0.3 is 26.8 Å². The molecule has 1 aromatic rings. The lowest BCUT2D eigenvalue weighted by atomic mass is 10.1. The molecule has 0 aromatic heterocycles. The molecule has 0 saturated carbocycles. The van der Waals surface area contributed by atoms with Gasteiger partial charge in [-0.15, -0.1) is 0 Å². The number of aryl methyl sites for hydroxylation is 1. The van der Waals surface area contributed by atoms with Crippen LogP contribution < -0.4 is 21.5 Å². The molecule has 1 aliphatic rings. The highest BCUT2D eigenvalue weighted by Gasteiger charge is 2.36. The van der Waals surface area contributed by atoms with Gasteiger partial charge >= 0.3 is 5.97 Å². The van der Waals surface area contributed by atoms with Gasteiger partial charge in [0.2, 0.25) is 21.8 Å². The lowest BCUT2D eigenvalue weighted by Crippen LogP contribution is -2.52. The zero-order valence-electron chi connectivity index (χ0n) is 18.4. The number of carbonyl (C=O) groups excluding carboxylic acids is 2. The summed E-state index contributed by atoms with van der Waals surface area (Å²) in [5, 5.41) is 11.8. The third-order valence-corrected chi connectivity index (χ3v) is 6.60. The normalized spacial score (nSPS) is 16.8. The minimum absolute atomic E-state index is 0.0293. The standard InChI is InChI=1S/C20H30N6O6S/c1-13-6-8-14(9-7-13)33(31,32)24-12-17(27)26-11-3-5-16(26)18(28)25-15(19(29)30)4-2-10-23-20(21)22/h6-9,15-16,24H,2-5,10-12H2,1H3,(H,25,28)(H,29,30)(H4,21,22,23). The molecule has 0 aliphatic carbocycles.